The Morgan fingerprint density at radius 2 is 2.03 bits per heavy atom. The molecule has 1 saturated heterocycles. The van der Waals surface area contributed by atoms with Gasteiger partial charge in [-0.3, -0.25) is 4.90 Å². The number of hydrogen-bond donors (Lipinski definition) is 0. The summed E-state index contributed by atoms with van der Waals surface area (Å²) in [6.45, 7) is 13.8. The number of carbonyl (C=O) groups is 1. The number of allylic oxidation sites excluding steroid dienone is 3. The Kier molecular flexibility index (Phi) is 8.13. The first-order chi connectivity index (χ1) is 14.9. The van der Waals surface area contributed by atoms with E-state index in [2.05, 4.69) is 47.7 Å². The van der Waals surface area contributed by atoms with E-state index in [4.69, 9.17) is 9.47 Å². The van der Waals surface area contributed by atoms with Crippen molar-refractivity contribution in [1.29, 1.82) is 0 Å². The summed E-state index contributed by atoms with van der Waals surface area (Å²) in [6.07, 6.45) is 9.29. The van der Waals surface area contributed by atoms with Crippen LogP contribution in [0.2, 0.25) is 0 Å². The normalized spacial score (nSPS) is 19.1. The van der Waals surface area contributed by atoms with Gasteiger partial charge in [-0.1, -0.05) is 18.6 Å². The number of aromatic nitrogens is 1. The van der Waals surface area contributed by atoms with E-state index < -0.39 is 0 Å². The van der Waals surface area contributed by atoms with Crippen LogP contribution in [0.3, 0.4) is 0 Å². The van der Waals surface area contributed by atoms with Gasteiger partial charge >= 0.3 is 5.97 Å². The van der Waals surface area contributed by atoms with Gasteiger partial charge in [0.05, 0.1) is 18.0 Å². The van der Waals surface area contributed by atoms with Gasteiger partial charge in [-0.15, -0.1) is 0 Å². The number of likely N-dealkylation sites (N-methyl/N-ethyl adjacent to an activating group) is 1. The van der Waals surface area contributed by atoms with Crippen LogP contribution in [0.15, 0.2) is 41.8 Å². The summed E-state index contributed by atoms with van der Waals surface area (Å²) in [5.41, 5.74) is 2.01. The van der Waals surface area contributed by atoms with Crippen LogP contribution in [0.25, 0.3) is 0 Å². The summed E-state index contributed by atoms with van der Waals surface area (Å²) in [4.78, 5) is 21.8. The van der Waals surface area contributed by atoms with Gasteiger partial charge in [0.1, 0.15) is 11.4 Å². The molecule has 0 amide bonds. The van der Waals surface area contributed by atoms with Crippen molar-refractivity contribution in [2.75, 3.05) is 31.1 Å². The van der Waals surface area contributed by atoms with Gasteiger partial charge in [0, 0.05) is 38.3 Å². The molecule has 2 aliphatic rings. The molecule has 2 heterocycles. The number of ether oxygens (including phenoxy) is 2. The lowest BCUT2D eigenvalue weighted by molar-refractivity contribution is 0.0378. The van der Waals surface area contributed by atoms with E-state index in [1.54, 1.807) is 12.3 Å². The Bertz CT molecular complexity index is 816. The molecule has 0 aromatic carbocycles. The molecule has 0 spiro atoms. The summed E-state index contributed by atoms with van der Waals surface area (Å²) in [5.74, 6) is 1.53. The zero-order valence-corrected chi connectivity index (χ0v) is 19.6. The van der Waals surface area contributed by atoms with Gasteiger partial charge in [-0.2, -0.15) is 0 Å². The standard InChI is InChI=1S/C25H37N3O3/c1-6-27(16-20-9-11-22(12-10-20)30-18(2)3)21-13-15-28(17-21)24-23(8-7-14-26-24)25(29)31-19(4)5/h7-9,11,14,18-19,21H,6,10,12-13,15-17H2,1-5H3. The summed E-state index contributed by atoms with van der Waals surface area (Å²) in [6, 6.07) is 4.06. The van der Waals surface area contributed by atoms with Crippen LogP contribution >= 0.6 is 0 Å². The maximum absolute atomic E-state index is 12.5. The lowest BCUT2D eigenvalue weighted by Crippen LogP contribution is -2.39. The Labute approximate surface area is 186 Å². The van der Waals surface area contributed by atoms with Crippen molar-refractivity contribution in [3.8, 4) is 0 Å². The van der Waals surface area contributed by atoms with Crippen LogP contribution in [0.5, 0.6) is 0 Å². The molecule has 6 heteroatoms. The van der Waals surface area contributed by atoms with Crippen molar-refractivity contribution in [2.24, 2.45) is 0 Å². The minimum atomic E-state index is -0.299. The van der Waals surface area contributed by atoms with Gasteiger partial charge in [0.2, 0.25) is 0 Å². The van der Waals surface area contributed by atoms with Gasteiger partial charge in [-0.05, 0) is 65.3 Å². The molecule has 0 radical (unpaired) electrons. The molecule has 1 aliphatic carbocycles. The van der Waals surface area contributed by atoms with Gasteiger partial charge in [0.15, 0.2) is 0 Å². The molecule has 31 heavy (non-hydrogen) atoms. The molecule has 0 saturated carbocycles. The third kappa shape index (κ3) is 6.33. The third-order valence-corrected chi connectivity index (χ3v) is 5.73. The van der Waals surface area contributed by atoms with Crippen LogP contribution in [0.1, 0.15) is 64.2 Å². The zero-order chi connectivity index (χ0) is 22.4. The fraction of sp³-hybridized carbons (Fsp3) is 0.600. The van der Waals surface area contributed by atoms with Crippen LogP contribution in [-0.2, 0) is 9.47 Å². The number of esters is 1. The van der Waals surface area contributed by atoms with E-state index in [1.165, 1.54) is 5.57 Å². The number of nitrogens with zero attached hydrogens (tertiary/aromatic N) is 3. The largest absolute Gasteiger partial charge is 0.495 e. The molecule has 170 valence electrons. The Balaban J connectivity index is 1.64. The predicted molar refractivity (Wildman–Crippen MR) is 124 cm³/mol. The average molecular weight is 428 g/mol. The number of hydrogen-bond acceptors (Lipinski definition) is 6. The smallest absolute Gasteiger partial charge is 0.342 e. The van der Waals surface area contributed by atoms with E-state index in [1.807, 2.05) is 19.9 Å². The monoisotopic (exact) mass is 427 g/mol. The second-order valence-corrected chi connectivity index (χ2v) is 8.90. The molecule has 1 fully saturated rings. The highest BCUT2D eigenvalue weighted by Gasteiger charge is 2.30. The molecule has 3 rings (SSSR count). The van der Waals surface area contributed by atoms with Crippen molar-refractivity contribution in [3.63, 3.8) is 0 Å². The van der Waals surface area contributed by atoms with E-state index in [0.29, 0.717) is 11.6 Å². The summed E-state index contributed by atoms with van der Waals surface area (Å²) < 4.78 is 11.3. The molecule has 1 aromatic rings. The van der Waals surface area contributed by atoms with Crippen LogP contribution in [0, 0.1) is 0 Å². The maximum Gasteiger partial charge on any atom is 0.342 e. The van der Waals surface area contributed by atoms with Crippen molar-refractivity contribution in [1.82, 2.24) is 9.88 Å². The number of carbonyl (C=O) groups excluding carboxylic acids is 1. The third-order valence-electron chi connectivity index (χ3n) is 5.73. The molecule has 0 bridgehead atoms. The van der Waals surface area contributed by atoms with E-state index in [9.17, 15) is 4.79 Å². The summed E-state index contributed by atoms with van der Waals surface area (Å²) in [5, 5.41) is 0. The van der Waals surface area contributed by atoms with Crippen molar-refractivity contribution >= 4 is 11.8 Å². The van der Waals surface area contributed by atoms with Gasteiger partial charge < -0.3 is 14.4 Å². The SMILES string of the molecule is CCN(CC1=CC=C(OC(C)C)CC1)C1CCN(c2ncccc2C(=O)OC(C)C)C1. The van der Waals surface area contributed by atoms with Crippen LogP contribution < -0.4 is 4.90 Å². The fourth-order valence-corrected chi connectivity index (χ4v) is 4.27. The second-order valence-electron chi connectivity index (χ2n) is 8.90. The summed E-state index contributed by atoms with van der Waals surface area (Å²) >= 11 is 0. The molecule has 1 unspecified atom stereocenters. The van der Waals surface area contributed by atoms with Gasteiger partial charge in [-0.25, -0.2) is 9.78 Å². The van der Waals surface area contributed by atoms with Crippen molar-refractivity contribution < 1.29 is 14.3 Å². The molecular formula is C25H37N3O3. The minimum Gasteiger partial charge on any atom is -0.495 e. The van der Waals surface area contributed by atoms with Crippen LogP contribution in [-0.4, -0.2) is 60.3 Å². The van der Waals surface area contributed by atoms with Crippen LogP contribution in [0.4, 0.5) is 5.82 Å². The molecule has 0 N–H and O–H groups in total. The lowest BCUT2D eigenvalue weighted by Gasteiger charge is -2.30. The highest BCUT2D eigenvalue weighted by atomic mass is 16.5. The minimum absolute atomic E-state index is 0.147. The number of anilines is 1. The van der Waals surface area contributed by atoms with Crippen molar-refractivity contribution in [2.45, 2.75) is 72.1 Å². The first-order valence-electron chi connectivity index (χ1n) is 11.6. The highest BCUT2D eigenvalue weighted by Crippen LogP contribution is 2.27. The fourth-order valence-electron chi connectivity index (χ4n) is 4.27. The highest BCUT2D eigenvalue weighted by molar-refractivity contribution is 5.94. The number of rotatable bonds is 9. The Hall–Kier alpha value is -2.34. The van der Waals surface area contributed by atoms with Gasteiger partial charge in [0.25, 0.3) is 0 Å². The number of pyridine rings is 1. The summed E-state index contributed by atoms with van der Waals surface area (Å²) in [7, 11) is 0. The first kappa shape index (κ1) is 23.3. The Morgan fingerprint density at radius 1 is 1.23 bits per heavy atom. The lowest BCUT2D eigenvalue weighted by atomic mass is 10.0. The van der Waals surface area contributed by atoms with E-state index >= 15 is 0 Å². The molecule has 1 aliphatic heterocycles. The first-order valence-corrected chi connectivity index (χ1v) is 11.6. The molecular weight excluding hydrogens is 390 g/mol. The van der Waals surface area contributed by atoms with E-state index in [-0.39, 0.29) is 18.2 Å². The molecule has 1 atom stereocenters. The zero-order valence-electron chi connectivity index (χ0n) is 19.6. The predicted octanol–water partition coefficient (Wildman–Crippen LogP) is 4.58. The Morgan fingerprint density at radius 3 is 2.68 bits per heavy atom. The maximum atomic E-state index is 12.5. The average Bonchev–Trinajstić information content (AvgIpc) is 3.22. The van der Waals surface area contributed by atoms with E-state index in [0.717, 1.165) is 57.0 Å². The molecule has 6 nitrogen and oxygen atoms in total. The quantitative estimate of drug-likeness (QED) is 0.538. The second kappa shape index (κ2) is 10.8. The van der Waals surface area contributed by atoms with Crippen molar-refractivity contribution in [3.05, 3.63) is 47.4 Å². The topological polar surface area (TPSA) is 54.9 Å². The molecule has 1 aromatic heterocycles.